The third-order valence-electron chi connectivity index (χ3n) is 4.91. The molecule has 1 amide bonds. The zero-order valence-electron chi connectivity index (χ0n) is 19.9. The zero-order valence-corrected chi connectivity index (χ0v) is 19.9. The van der Waals surface area contributed by atoms with Crippen molar-refractivity contribution in [3.63, 3.8) is 0 Å². The van der Waals surface area contributed by atoms with Crippen LogP contribution in [0, 0.1) is 0 Å². The molecule has 0 saturated heterocycles. The highest BCUT2D eigenvalue weighted by Gasteiger charge is 2.24. The summed E-state index contributed by atoms with van der Waals surface area (Å²) >= 11 is 0. The van der Waals surface area contributed by atoms with Crippen molar-refractivity contribution in [1.82, 2.24) is 25.3 Å². The second-order valence-corrected chi connectivity index (χ2v) is 7.51. The second kappa shape index (κ2) is 12.2. The van der Waals surface area contributed by atoms with Crippen LogP contribution in [-0.2, 0) is 19.1 Å². The summed E-state index contributed by atoms with van der Waals surface area (Å²) in [6.45, 7) is 3.75. The molecule has 12 heteroatoms. The van der Waals surface area contributed by atoms with E-state index in [1.807, 2.05) is 0 Å². The van der Waals surface area contributed by atoms with Crippen molar-refractivity contribution < 1.29 is 23.9 Å². The number of amides is 1. The van der Waals surface area contributed by atoms with Gasteiger partial charge in [0.25, 0.3) is 5.91 Å². The van der Waals surface area contributed by atoms with Crippen LogP contribution in [0.15, 0.2) is 30.5 Å². The lowest BCUT2D eigenvalue weighted by molar-refractivity contribution is -0.146. The molecule has 0 saturated carbocycles. The van der Waals surface area contributed by atoms with Gasteiger partial charge in [-0.1, -0.05) is 18.2 Å². The van der Waals surface area contributed by atoms with Crippen molar-refractivity contribution >= 4 is 52.9 Å². The van der Waals surface area contributed by atoms with E-state index in [2.05, 4.69) is 25.3 Å². The number of ether oxygens (including phenoxy) is 2. The fourth-order valence-electron chi connectivity index (χ4n) is 3.20. The van der Waals surface area contributed by atoms with Gasteiger partial charge in [-0.3, -0.25) is 9.59 Å². The number of aromatic nitrogens is 4. The lowest BCUT2D eigenvalue weighted by Crippen LogP contribution is -2.42. The van der Waals surface area contributed by atoms with Gasteiger partial charge < -0.3 is 26.3 Å². The summed E-state index contributed by atoms with van der Waals surface area (Å²) < 4.78 is 9.90. The average Bonchev–Trinajstić information content (AvgIpc) is 2.85. The lowest BCUT2D eigenvalue weighted by Gasteiger charge is -2.17. The minimum absolute atomic E-state index is 0.0225. The minimum Gasteiger partial charge on any atom is -0.466 e. The third kappa shape index (κ3) is 6.95. The molecule has 5 N–H and O–H groups in total. The van der Waals surface area contributed by atoms with E-state index >= 15 is 0 Å². The molecule has 0 aliphatic heterocycles. The number of nitrogens with one attached hydrogen (secondary N) is 1. The summed E-state index contributed by atoms with van der Waals surface area (Å²) in [4.78, 5) is 53.1. The fourth-order valence-corrected chi connectivity index (χ4v) is 3.20. The van der Waals surface area contributed by atoms with Crippen LogP contribution in [0.25, 0.3) is 23.3 Å². The maximum atomic E-state index is 12.7. The third-order valence-corrected chi connectivity index (χ3v) is 4.91. The van der Waals surface area contributed by atoms with Gasteiger partial charge in [0.1, 0.15) is 6.04 Å². The molecule has 3 aromatic rings. The number of nitrogens with two attached hydrogens (primary N) is 2. The maximum absolute atomic E-state index is 12.7. The first-order valence-corrected chi connectivity index (χ1v) is 11.3. The van der Waals surface area contributed by atoms with Gasteiger partial charge in [0.2, 0.25) is 5.95 Å². The molecule has 0 aliphatic carbocycles. The van der Waals surface area contributed by atoms with Gasteiger partial charge in [0.05, 0.1) is 25.1 Å². The number of fused-ring (bicyclic) bond motifs is 1. The van der Waals surface area contributed by atoms with E-state index in [0.717, 1.165) is 5.56 Å². The summed E-state index contributed by atoms with van der Waals surface area (Å²) in [5, 5.41) is 2.63. The molecular formula is C24H27N7O5. The smallest absolute Gasteiger partial charge is 0.328 e. The van der Waals surface area contributed by atoms with Crippen molar-refractivity contribution in [2.45, 2.75) is 32.7 Å². The molecule has 0 fully saturated rings. The van der Waals surface area contributed by atoms with Gasteiger partial charge in [-0.2, -0.15) is 9.97 Å². The Hall–Kier alpha value is -4.61. The number of benzene rings is 1. The van der Waals surface area contributed by atoms with Crippen molar-refractivity contribution in [3.05, 3.63) is 47.3 Å². The van der Waals surface area contributed by atoms with Crippen LogP contribution in [0.4, 0.5) is 11.8 Å². The first-order valence-electron chi connectivity index (χ1n) is 11.3. The average molecular weight is 494 g/mol. The first kappa shape index (κ1) is 26.0. The quantitative estimate of drug-likeness (QED) is 0.349. The first-order chi connectivity index (χ1) is 17.3. The summed E-state index contributed by atoms with van der Waals surface area (Å²) in [6.07, 6.45) is 5.08. The van der Waals surface area contributed by atoms with Gasteiger partial charge in [-0.25, -0.2) is 14.8 Å². The molecule has 0 aliphatic rings. The Morgan fingerprint density at radius 2 is 1.72 bits per heavy atom. The topological polar surface area (TPSA) is 185 Å². The maximum Gasteiger partial charge on any atom is 0.328 e. The van der Waals surface area contributed by atoms with E-state index in [1.165, 1.54) is 6.20 Å². The normalized spacial score (nSPS) is 11.8. The zero-order chi connectivity index (χ0) is 26.1. The van der Waals surface area contributed by atoms with Gasteiger partial charge >= 0.3 is 11.9 Å². The van der Waals surface area contributed by atoms with Crippen LogP contribution in [0.3, 0.4) is 0 Å². The minimum atomic E-state index is -0.973. The lowest BCUT2D eigenvalue weighted by atomic mass is 10.1. The van der Waals surface area contributed by atoms with Crippen LogP contribution >= 0.6 is 0 Å². The van der Waals surface area contributed by atoms with Crippen molar-refractivity contribution in [3.8, 4) is 0 Å². The Morgan fingerprint density at radius 1 is 1.00 bits per heavy atom. The molecule has 1 aromatic carbocycles. The predicted molar refractivity (Wildman–Crippen MR) is 133 cm³/mol. The highest BCUT2D eigenvalue weighted by Crippen LogP contribution is 2.16. The number of nitrogen functional groups attached to an aromatic ring is 2. The molecule has 0 bridgehead atoms. The second-order valence-electron chi connectivity index (χ2n) is 7.51. The van der Waals surface area contributed by atoms with Crippen LogP contribution in [-0.4, -0.2) is 57.0 Å². The number of hydrogen-bond acceptors (Lipinski definition) is 11. The number of esters is 2. The van der Waals surface area contributed by atoms with Gasteiger partial charge in [-0.05, 0) is 44.0 Å². The summed E-state index contributed by atoms with van der Waals surface area (Å²) in [7, 11) is 0. The molecule has 188 valence electrons. The van der Waals surface area contributed by atoms with E-state index in [4.69, 9.17) is 20.9 Å². The van der Waals surface area contributed by atoms with Crippen LogP contribution in [0.1, 0.15) is 48.3 Å². The number of nitrogens with zero attached hydrogens (tertiary/aromatic N) is 4. The summed E-state index contributed by atoms with van der Waals surface area (Å²) in [5.41, 5.74) is 13.7. The molecule has 1 atom stereocenters. The fraction of sp³-hybridized carbons (Fsp3) is 0.292. The highest BCUT2D eigenvalue weighted by atomic mass is 16.5. The SMILES string of the molecule is CCOC(=O)CC[C@H](NC(=O)c1ccc(/C=C/c2cnc3nc(N)nc(N)c3n2)cc1)C(=O)OCC. The molecule has 0 spiro atoms. The molecule has 36 heavy (non-hydrogen) atoms. The molecule has 2 aromatic heterocycles. The number of rotatable bonds is 10. The van der Waals surface area contributed by atoms with E-state index in [-0.39, 0.29) is 37.8 Å². The van der Waals surface area contributed by atoms with E-state index in [9.17, 15) is 14.4 Å². The molecule has 12 nitrogen and oxygen atoms in total. The Labute approximate surface area is 207 Å². The van der Waals surface area contributed by atoms with Crippen molar-refractivity contribution in [2.24, 2.45) is 0 Å². The molecule has 0 unspecified atom stereocenters. The molecule has 3 rings (SSSR count). The van der Waals surface area contributed by atoms with E-state index in [0.29, 0.717) is 22.4 Å². The molecule has 0 radical (unpaired) electrons. The van der Waals surface area contributed by atoms with Crippen LogP contribution < -0.4 is 16.8 Å². The van der Waals surface area contributed by atoms with Crippen molar-refractivity contribution in [1.29, 1.82) is 0 Å². The Kier molecular flexibility index (Phi) is 8.81. The highest BCUT2D eigenvalue weighted by molar-refractivity contribution is 5.97. The van der Waals surface area contributed by atoms with Crippen LogP contribution in [0.2, 0.25) is 0 Å². The predicted octanol–water partition coefficient (Wildman–Crippen LogP) is 1.76. The van der Waals surface area contributed by atoms with Gasteiger partial charge in [0, 0.05) is 12.0 Å². The van der Waals surface area contributed by atoms with E-state index in [1.54, 1.807) is 50.3 Å². The Bertz CT molecular complexity index is 1280. The molecular weight excluding hydrogens is 466 g/mol. The summed E-state index contributed by atoms with van der Waals surface area (Å²) in [5.74, 6) is -1.37. The Balaban J connectivity index is 1.67. The molecule has 2 heterocycles. The number of anilines is 2. The number of hydrogen-bond donors (Lipinski definition) is 3. The van der Waals surface area contributed by atoms with E-state index < -0.39 is 23.9 Å². The van der Waals surface area contributed by atoms with Gasteiger partial charge in [-0.15, -0.1) is 0 Å². The number of carbonyl (C=O) groups excluding carboxylic acids is 3. The largest absolute Gasteiger partial charge is 0.466 e. The van der Waals surface area contributed by atoms with Crippen LogP contribution in [0.5, 0.6) is 0 Å². The number of carbonyl (C=O) groups is 3. The van der Waals surface area contributed by atoms with Gasteiger partial charge in [0.15, 0.2) is 17.0 Å². The van der Waals surface area contributed by atoms with Crippen molar-refractivity contribution in [2.75, 3.05) is 24.7 Å². The monoisotopic (exact) mass is 493 g/mol. The standard InChI is InChI=1S/C24H27N7O5/c1-3-35-18(32)12-11-17(23(34)36-4-2)29-22(33)15-8-5-14(6-9-15)7-10-16-13-27-21-19(28-16)20(25)30-24(26)31-21/h5-10,13,17H,3-4,11-12H2,1-2H3,(H,29,33)(H4,25,26,27,30,31)/b10-7+/t17-/m0/s1. The Morgan fingerprint density at radius 3 is 2.42 bits per heavy atom. The summed E-state index contributed by atoms with van der Waals surface area (Å²) in [6, 6.07) is 5.72.